The molecule has 0 saturated carbocycles. The largest absolute Gasteiger partial charge is 0.328 e. The molecule has 5 rings (SSSR count). The number of urea groups is 1. The van der Waals surface area contributed by atoms with Crippen molar-refractivity contribution in [3.8, 4) is 0 Å². The third-order valence-electron chi connectivity index (χ3n) is 6.15. The van der Waals surface area contributed by atoms with Gasteiger partial charge in [0.25, 0.3) is 5.91 Å². The second-order valence-electron chi connectivity index (χ2n) is 8.53. The number of imidazole rings is 1. The van der Waals surface area contributed by atoms with Gasteiger partial charge in [0.1, 0.15) is 6.04 Å². The topological polar surface area (TPSA) is 75.5 Å². The number of ketones is 1. The number of nitrogens with zero attached hydrogens (tertiary/aromatic N) is 4. The Morgan fingerprint density at radius 1 is 1.03 bits per heavy atom. The summed E-state index contributed by atoms with van der Waals surface area (Å²) in [4.78, 5) is 46.8. The van der Waals surface area contributed by atoms with Crippen molar-refractivity contribution >= 4 is 17.7 Å². The second-order valence-corrected chi connectivity index (χ2v) is 8.53. The summed E-state index contributed by atoms with van der Waals surface area (Å²) in [5.74, 6) is -0.0107. The number of benzene rings is 2. The van der Waals surface area contributed by atoms with Gasteiger partial charge in [-0.1, -0.05) is 60.7 Å². The zero-order valence-electron chi connectivity index (χ0n) is 18.1. The number of fused-ring (bicyclic) bond motifs is 2. The Balaban J connectivity index is 1.58. The molecule has 1 atom stereocenters. The third kappa shape index (κ3) is 3.21. The predicted octanol–water partition coefficient (Wildman–Crippen LogP) is 3.26. The van der Waals surface area contributed by atoms with E-state index < -0.39 is 6.04 Å². The number of rotatable bonds is 5. The Hall–Kier alpha value is -3.74. The average molecular weight is 428 g/mol. The minimum atomic E-state index is -0.552. The molecule has 0 N–H and O–H groups in total. The summed E-state index contributed by atoms with van der Waals surface area (Å²) in [7, 11) is 0. The van der Waals surface area contributed by atoms with E-state index in [1.165, 1.54) is 4.90 Å². The van der Waals surface area contributed by atoms with Gasteiger partial charge in [-0.2, -0.15) is 0 Å². The van der Waals surface area contributed by atoms with Gasteiger partial charge in [0.15, 0.2) is 5.82 Å². The van der Waals surface area contributed by atoms with E-state index in [9.17, 15) is 14.4 Å². The van der Waals surface area contributed by atoms with E-state index in [0.29, 0.717) is 30.0 Å². The summed E-state index contributed by atoms with van der Waals surface area (Å²) < 4.78 is 1.92. The molecule has 2 aliphatic heterocycles. The van der Waals surface area contributed by atoms with E-state index in [1.54, 1.807) is 17.0 Å². The highest BCUT2D eigenvalue weighted by molar-refractivity contribution is 6.07. The molecule has 7 heteroatoms. The van der Waals surface area contributed by atoms with Gasteiger partial charge in [0, 0.05) is 30.3 Å². The molecule has 32 heavy (non-hydrogen) atoms. The Morgan fingerprint density at radius 2 is 1.69 bits per heavy atom. The van der Waals surface area contributed by atoms with Crippen molar-refractivity contribution in [3.63, 3.8) is 0 Å². The van der Waals surface area contributed by atoms with Crippen molar-refractivity contribution < 1.29 is 14.4 Å². The Labute approximate surface area is 186 Å². The molecule has 3 heterocycles. The summed E-state index contributed by atoms with van der Waals surface area (Å²) in [6.07, 6.45) is 0.352. The monoisotopic (exact) mass is 428 g/mol. The quantitative estimate of drug-likeness (QED) is 0.462. The van der Waals surface area contributed by atoms with Gasteiger partial charge in [-0.15, -0.1) is 0 Å². The molecule has 7 nitrogen and oxygen atoms in total. The van der Waals surface area contributed by atoms with Crippen LogP contribution in [-0.4, -0.2) is 49.2 Å². The smallest absolute Gasteiger partial charge is 0.320 e. The van der Waals surface area contributed by atoms with Crippen molar-refractivity contribution in [3.05, 3.63) is 89.0 Å². The Morgan fingerprint density at radius 3 is 2.34 bits per heavy atom. The molecule has 0 radical (unpaired) electrons. The summed E-state index contributed by atoms with van der Waals surface area (Å²) in [5, 5.41) is 0. The number of amides is 3. The van der Waals surface area contributed by atoms with Crippen molar-refractivity contribution in [2.24, 2.45) is 0 Å². The van der Waals surface area contributed by atoms with Crippen LogP contribution >= 0.6 is 0 Å². The fraction of sp³-hybridized carbons (Fsp3) is 0.280. The molecule has 0 bridgehead atoms. The number of imide groups is 1. The lowest BCUT2D eigenvalue weighted by molar-refractivity contribution is -0.129. The second kappa shape index (κ2) is 7.75. The van der Waals surface area contributed by atoms with Gasteiger partial charge in [-0.05, 0) is 19.4 Å². The normalized spacial score (nSPS) is 17.7. The molecule has 2 aromatic carbocycles. The lowest BCUT2D eigenvalue weighted by Crippen LogP contribution is -2.40. The Bertz CT molecular complexity index is 1200. The molecule has 0 spiro atoms. The van der Waals surface area contributed by atoms with E-state index >= 15 is 0 Å². The van der Waals surface area contributed by atoms with Crippen LogP contribution in [0.25, 0.3) is 0 Å². The third-order valence-corrected chi connectivity index (χ3v) is 6.15. The molecular formula is C25H24N4O3. The fourth-order valence-electron chi connectivity index (χ4n) is 4.57. The van der Waals surface area contributed by atoms with Crippen LogP contribution < -0.4 is 0 Å². The van der Waals surface area contributed by atoms with Gasteiger partial charge >= 0.3 is 6.03 Å². The SMILES string of the molecule is CC(C)N1C(=O)C2Cc3c(nc(C(=O)c4ccccc4)n3Cc3ccccc3)CN2C1=O. The first-order chi connectivity index (χ1) is 15.5. The van der Waals surface area contributed by atoms with Crippen LogP contribution in [-0.2, 0) is 24.3 Å². The van der Waals surface area contributed by atoms with Gasteiger partial charge in [-0.3, -0.25) is 14.5 Å². The number of hydrogen-bond acceptors (Lipinski definition) is 4. The van der Waals surface area contributed by atoms with Crippen LogP contribution in [0.5, 0.6) is 0 Å². The number of carbonyl (C=O) groups excluding carboxylic acids is 3. The van der Waals surface area contributed by atoms with Crippen LogP contribution in [0.2, 0.25) is 0 Å². The van der Waals surface area contributed by atoms with E-state index in [0.717, 1.165) is 11.3 Å². The number of hydrogen-bond donors (Lipinski definition) is 0. The highest BCUT2D eigenvalue weighted by Gasteiger charge is 2.49. The molecule has 3 aromatic rings. The number of aromatic nitrogens is 2. The molecule has 1 fully saturated rings. The lowest BCUT2D eigenvalue weighted by atomic mass is 10.0. The van der Waals surface area contributed by atoms with E-state index in [2.05, 4.69) is 0 Å². The van der Waals surface area contributed by atoms with Crippen molar-refractivity contribution in [2.75, 3.05) is 0 Å². The highest BCUT2D eigenvalue weighted by atomic mass is 16.2. The van der Waals surface area contributed by atoms with E-state index in [4.69, 9.17) is 4.98 Å². The molecule has 1 saturated heterocycles. The molecule has 3 amide bonds. The van der Waals surface area contributed by atoms with Crippen molar-refractivity contribution in [2.45, 2.75) is 45.4 Å². The first-order valence-corrected chi connectivity index (χ1v) is 10.8. The summed E-state index contributed by atoms with van der Waals surface area (Å²) in [6, 6.07) is 17.9. The van der Waals surface area contributed by atoms with Crippen LogP contribution in [0, 0.1) is 0 Å². The number of carbonyl (C=O) groups is 3. The van der Waals surface area contributed by atoms with Gasteiger partial charge in [0.05, 0.1) is 12.2 Å². The first kappa shape index (κ1) is 20.2. The zero-order valence-corrected chi connectivity index (χ0v) is 18.1. The molecule has 1 unspecified atom stereocenters. The lowest BCUT2D eigenvalue weighted by Gasteiger charge is -2.27. The standard InChI is InChI=1S/C25H24N4O3/c1-16(2)29-24(31)21-13-20-19(15-28(21)25(29)32)26-23(22(30)18-11-7-4-8-12-18)27(20)14-17-9-5-3-6-10-17/h3-12,16,21H,13-15H2,1-2H3. The maximum atomic E-state index is 13.4. The first-order valence-electron chi connectivity index (χ1n) is 10.8. The van der Waals surface area contributed by atoms with Crippen molar-refractivity contribution in [1.82, 2.24) is 19.4 Å². The molecule has 0 aliphatic carbocycles. The predicted molar refractivity (Wildman–Crippen MR) is 118 cm³/mol. The summed E-state index contributed by atoms with van der Waals surface area (Å²) >= 11 is 0. The van der Waals surface area contributed by atoms with Crippen molar-refractivity contribution in [1.29, 1.82) is 0 Å². The minimum absolute atomic E-state index is 0.169. The van der Waals surface area contributed by atoms with Crippen LogP contribution in [0.3, 0.4) is 0 Å². The van der Waals surface area contributed by atoms with Crippen LogP contribution in [0.1, 0.15) is 47.0 Å². The maximum Gasteiger partial charge on any atom is 0.328 e. The van der Waals surface area contributed by atoms with Crippen LogP contribution in [0.4, 0.5) is 4.79 Å². The minimum Gasteiger partial charge on any atom is -0.320 e. The van der Waals surface area contributed by atoms with Gasteiger partial charge < -0.3 is 9.47 Å². The van der Waals surface area contributed by atoms with E-state index in [-0.39, 0.29) is 30.3 Å². The van der Waals surface area contributed by atoms with Crippen LogP contribution in [0.15, 0.2) is 60.7 Å². The van der Waals surface area contributed by atoms with Gasteiger partial charge in [-0.25, -0.2) is 9.78 Å². The average Bonchev–Trinajstić information content (AvgIpc) is 3.27. The van der Waals surface area contributed by atoms with Gasteiger partial charge in [0.2, 0.25) is 5.78 Å². The van der Waals surface area contributed by atoms with E-state index in [1.807, 2.05) is 66.9 Å². The Kier molecular flexibility index (Phi) is 4.89. The molecular weight excluding hydrogens is 404 g/mol. The molecule has 2 aliphatic rings. The summed E-state index contributed by atoms with van der Waals surface area (Å²) in [6.45, 7) is 4.38. The summed E-state index contributed by atoms with van der Waals surface area (Å²) in [5.41, 5.74) is 3.13. The maximum absolute atomic E-state index is 13.4. The molecule has 1 aromatic heterocycles. The fourth-order valence-corrected chi connectivity index (χ4v) is 4.57. The zero-order chi connectivity index (χ0) is 22.4. The highest BCUT2D eigenvalue weighted by Crippen LogP contribution is 2.32. The molecule has 162 valence electrons.